The van der Waals surface area contributed by atoms with E-state index in [4.69, 9.17) is 37.9 Å². The first-order valence-corrected chi connectivity index (χ1v) is 44.5. The molecule has 6 aliphatic heterocycles. The molecule has 15 aromatic rings. The van der Waals surface area contributed by atoms with Crippen LogP contribution in [-0.4, -0.2) is 181 Å². The zero-order chi connectivity index (χ0) is 89.8. The fourth-order valence-corrected chi connectivity index (χ4v) is 17.3. The van der Waals surface area contributed by atoms with Crippen LogP contribution in [0.2, 0.25) is 0 Å². The lowest BCUT2D eigenvalue weighted by Gasteiger charge is -2.22. The van der Waals surface area contributed by atoms with Crippen molar-refractivity contribution in [1.82, 2.24) is 73.8 Å². The second-order valence-electron chi connectivity index (χ2n) is 33.5. The Morgan fingerprint density at radius 1 is 0.386 bits per heavy atom. The van der Waals surface area contributed by atoms with Crippen LogP contribution in [-0.2, 0) is 82.2 Å². The summed E-state index contributed by atoms with van der Waals surface area (Å²) in [6, 6.07) is 50.1. The van der Waals surface area contributed by atoms with Gasteiger partial charge in [0.1, 0.15) is 60.3 Å². The van der Waals surface area contributed by atoms with Gasteiger partial charge in [0.25, 0.3) is 5.92 Å². The Bertz CT molecular complexity index is 6810. The predicted octanol–water partition coefficient (Wildman–Crippen LogP) is 15.2. The minimum absolute atomic E-state index is 0.0155. The molecule has 3 saturated carbocycles. The first-order chi connectivity index (χ1) is 64.6. The van der Waals surface area contributed by atoms with E-state index in [2.05, 4.69) is 157 Å². The monoisotopic (exact) mass is 1780 g/mol. The number of amidine groups is 5. The van der Waals surface area contributed by atoms with Crippen molar-refractivity contribution in [3.63, 3.8) is 0 Å². The summed E-state index contributed by atoms with van der Waals surface area (Å²) in [5.74, 6) is 3.87. The van der Waals surface area contributed by atoms with Crippen molar-refractivity contribution in [2.75, 3.05) is 79.9 Å². The van der Waals surface area contributed by atoms with Crippen LogP contribution in [0, 0.1) is 5.92 Å². The number of hydrogen-bond donors (Lipinski definition) is 5. The van der Waals surface area contributed by atoms with Crippen molar-refractivity contribution in [2.24, 2.45) is 66.1 Å². The normalized spacial score (nSPS) is 17.0. The number of rotatable bonds is 19. The maximum Gasteiger partial charge on any atom is 0.255 e. The first-order valence-electron chi connectivity index (χ1n) is 44.5. The highest BCUT2D eigenvalue weighted by molar-refractivity contribution is 6.14. The predicted molar refractivity (Wildman–Crippen MR) is 502 cm³/mol. The number of nitrogens with one attached hydrogen (secondary N) is 5. The third-order valence-corrected chi connectivity index (χ3v) is 24.4. The largest absolute Gasteiger partial charge is 0.476 e. The summed E-state index contributed by atoms with van der Waals surface area (Å²) in [6.45, 7) is 6.41. The van der Waals surface area contributed by atoms with E-state index < -0.39 is 11.8 Å². The molecule has 24 rings (SSSR count). The van der Waals surface area contributed by atoms with Crippen LogP contribution < -0.4 is 50.3 Å². The van der Waals surface area contributed by atoms with Gasteiger partial charge in [-0.1, -0.05) is 18.2 Å². The molecular weight excluding hydrogens is 1680 g/mol. The van der Waals surface area contributed by atoms with Gasteiger partial charge in [-0.05, 0) is 185 Å². The minimum Gasteiger partial charge on any atom is -0.476 e. The molecule has 132 heavy (non-hydrogen) atoms. The van der Waals surface area contributed by atoms with Crippen LogP contribution in [0.5, 0.6) is 29.4 Å². The summed E-state index contributed by atoms with van der Waals surface area (Å²) in [7, 11) is 11.2. The lowest BCUT2D eigenvalue weighted by atomic mass is 10.2. The van der Waals surface area contributed by atoms with Gasteiger partial charge in [0.2, 0.25) is 29.4 Å². The molecule has 33 nitrogen and oxygen atoms in total. The van der Waals surface area contributed by atoms with E-state index >= 15 is 0 Å². The van der Waals surface area contributed by atoms with Crippen LogP contribution in [0.4, 0.5) is 37.2 Å². The Balaban J connectivity index is 0.000000103. The van der Waals surface area contributed by atoms with Gasteiger partial charge in [0.15, 0.2) is 17.5 Å². The fourth-order valence-electron chi connectivity index (χ4n) is 17.3. The Hall–Kier alpha value is -14.7. The van der Waals surface area contributed by atoms with Crippen LogP contribution in [0.15, 0.2) is 208 Å². The van der Waals surface area contributed by atoms with Gasteiger partial charge in [0.05, 0.1) is 138 Å². The maximum absolute atomic E-state index is 13.0. The number of nitrogens with zero attached hydrogens (tertiary/aromatic N) is 20. The van der Waals surface area contributed by atoms with Gasteiger partial charge >= 0.3 is 0 Å². The van der Waals surface area contributed by atoms with Gasteiger partial charge in [0, 0.05) is 136 Å². The Morgan fingerprint density at radius 3 is 1.10 bits per heavy atom. The molecule has 3 aliphatic carbocycles. The van der Waals surface area contributed by atoms with Crippen LogP contribution in [0.1, 0.15) is 114 Å². The molecule has 5 aromatic carbocycles. The topological polar surface area (TPSA) is 349 Å². The molecule has 2 atom stereocenters. The molecule has 674 valence electrons. The lowest BCUT2D eigenvalue weighted by molar-refractivity contribution is -0.101. The second kappa shape index (κ2) is 37.8. The minimum atomic E-state index is -2.59. The molecule has 0 radical (unpaired) electrons. The van der Waals surface area contributed by atoms with Crippen LogP contribution >= 0.6 is 0 Å². The van der Waals surface area contributed by atoms with Crippen LogP contribution in [0.25, 0.3) is 54.5 Å². The third kappa shape index (κ3) is 18.6. The molecule has 4 fully saturated rings. The molecule has 2 unspecified atom stereocenters. The molecular formula is C97H99F2N25O8. The number of fused-ring (bicyclic) bond motifs is 10. The van der Waals surface area contributed by atoms with Gasteiger partial charge in [-0.15, -0.1) is 25.5 Å². The summed E-state index contributed by atoms with van der Waals surface area (Å²) in [6.07, 6.45) is 18.9. The lowest BCUT2D eigenvalue weighted by Crippen LogP contribution is -2.33. The van der Waals surface area contributed by atoms with Crippen LogP contribution in [0.3, 0.4) is 0 Å². The fraction of sp³-hybridized carbons (Fsp3) is 0.330. The molecule has 10 aromatic heterocycles. The SMILES string of the molecule is COCCOc1nn(C)c2cc(NC3=NCc4ncccc43)ccc12.Cn1nc(OC2CCCC2)c2ccc(NC3=NCc4cccnc43)cc21.Cn1nc(OC2CCCC2)c2ccc(NC3=NCc4ncccc43)cc21.Cn1nc(OCC2CC2(F)F)c2ccc(NC3=NCc4cccnc43)cc21.Cn1nc(OCC2COCCO2)c2ccc(NC3=NCc4cccnc43)cc21. The van der Waals surface area contributed by atoms with Gasteiger partial charge in [-0.3, -0.25) is 73.3 Å². The van der Waals surface area contributed by atoms with E-state index in [1.54, 1.807) is 43.6 Å². The summed E-state index contributed by atoms with van der Waals surface area (Å²) in [5.41, 5.74) is 19.8. The van der Waals surface area contributed by atoms with Crippen molar-refractivity contribution < 1.29 is 46.7 Å². The quantitative estimate of drug-likeness (QED) is 0.0469. The average molecular weight is 1780 g/mol. The second-order valence-corrected chi connectivity index (χ2v) is 33.5. The van der Waals surface area contributed by atoms with E-state index in [1.807, 2.05) is 150 Å². The van der Waals surface area contributed by atoms with E-state index in [1.165, 1.54) is 25.7 Å². The number of aromatic nitrogens is 15. The molecule has 1 saturated heterocycles. The summed E-state index contributed by atoms with van der Waals surface area (Å²) < 4.78 is 80.7. The standard InChI is InChI=1S/C20H21N5O3.2C20H21N5O.C19H17F2N5O.C18H19N5O2/c1-25-17-9-14(23-19-18-13(10-22-19)3-2-6-21-18)4-5-16(17)20(24-25)28-12-15-11-26-7-8-27-15;1-25-17-11-14(23-19-18-13(12-22-19)5-4-10-21-18)8-9-16(17)20(24-25)26-15-6-2-3-7-15;1-25-18-11-13(23-19-15-7-4-10-21-17(15)12-22-19)8-9-16(18)20(24-25)26-14-5-2-3-6-14;1-26-15-7-13(24-17-16-11(9-23-17)3-2-6-22-16)4-5-14(15)18(25-26)27-10-12-8-19(12,20)21;1-23-16-10-12(5-6-14(16)18(22-23)25-9-8-24-2)21-17-13-4-3-7-19-15(13)11-20-17/h2-6,9,15H,7-8,10-12H2,1H3,(H,22,23);4-5,8-11,15H,2-3,6-7,12H2,1H3,(H,22,23);4,7-11,14H,2-3,5-6,12H2,1H3,(H,22,23);2-7,12H,8-10H2,1H3,(H,23,24);3-7,10H,8-9,11H2,1-2H3,(H,20,21). The maximum atomic E-state index is 13.0. The molecule has 16 heterocycles. The number of ether oxygens (including phenoxy) is 8. The van der Waals surface area contributed by atoms with Crippen molar-refractivity contribution in [1.29, 1.82) is 0 Å². The number of hydrogen-bond acceptors (Lipinski definition) is 28. The number of aryl methyl sites for hydroxylation is 5. The Morgan fingerprint density at radius 2 is 0.727 bits per heavy atom. The van der Waals surface area contributed by atoms with Gasteiger partial charge < -0.3 is 64.5 Å². The Labute approximate surface area is 757 Å². The van der Waals surface area contributed by atoms with E-state index in [0.717, 1.165) is 206 Å². The van der Waals surface area contributed by atoms with Crippen molar-refractivity contribution >= 4 is 112 Å². The molecule has 0 spiro atoms. The number of anilines is 5. The van der Waals surface area contributed by atoms with E-state index in [-0.39, 0.29) is 19.1 Å². The van der Waals surface area contributed by atoms with Crippen molar-refractivity contribution in [3.05, 3.63) is 239 Å². The number of alkyl halides is 2. The zero-order valence-electron chi connectivity index (χ0n) is 73.9. The average Bonchev–Trinajstić information content (AvgIpc) is 1.62. The smallest absolute Gasteiger partial charge is 0.255 e. The number of aliphatic imine (C=N–C) groups is 5. The third-order valence-electron chi connectivity index (χ3n) is 24.4. The zero-order valence-corrected chi connectivity index (χ0v) is 73.9. The van der Waals surface area contributed by atoms with Gasteiger partial charge in [-0.25, -0.2) is 8.78 Å². The molecule has 35 heteroatoms. The highest BCUT2D eigenvalue weighted by Crippen LogP contribution is 2.49. The van der Waals surface area contributed by atoms with E-state index in [0.29, 0.717) is 102 Å². The molecule has 0 amide bonds. The first kappa shape index (κ1) is 85.4. The van der Waals surface area contributed by atoms with Crippen molar-refractivity contribution in [3.8, 4) is 29.4 Å². The highest BCUT2D eigenvalue weighted by atomic mass is 19.3. The molecule has 5 N–H and O–H groups in total. The summed E-state index contributed by atoms with van der Waals surface area (Å²) in [5, 5.41) is 44.2. The molecule has 0 bridgehead atoms. The van der Waals surface area contributed by atoms with Gasteiger partial charge in [-0.2, -0.15) is 0 Å². The van der Waals surface area contributed by atoms with Crippen molar-refractivity contribution in [2.45, 2.75) is 115 Å². The highest BCUT2D eigenvalue weighted by Gasteiger charge is 2.57. The summed E-state index contributed by atoms with van der Waals surface area (Å²) >= 11 is 0. The molecule has 9 aliphatic rings. The summed E-state index contributed by atoms with van der Waals surface area (Å²) in [4.78, 5) is 44.8. The number of halogens is 2. The number of pyridine rings is 5. The van der Waals surface area contributed by atoms with E-state index in [9.17, 15) is 8.78 Å². The Kier molecular flexibility index (Phi) is 24.4. The number of methoxy groups -OCH3 is 1. The number of benzene rings is 5.